The normalized spacial score (nSPS) is 26.3. The molecule has 2 fully saturated rings. The monoisotopic (exact) mass is 492 g/mol. The molecule has 2 N–H and O–H groups in total. The zero-order valence-electron chi connectivity index (χ0n) is 15.8. The molecule has 1 saturated carbocycles. The number of amides is 1. The van der Waals surface area contributed by atoms with E-state index in [-0.39, 0.29) is 41.8 Å². The quantitative estimate of drug-likeness (QED) is 0.376. The maximum atomic E-state index is 11.9. The van der Waals surface area contributed by atoms with Crippen molar-refractivity contribution in [1.82, 2.24) is 15.5 Å². The summed E-state index contributed by atoms with van der Waals surface area (Å²) in [5, 5.41) is 9.00. The summed E-state index contributed by atoms with van der Waals surface area (Å²) in [5.74, 6) is 1.22. The number of aliphatic imine (C=N–C) groups is 1. The van der Waals surface area contributed by atoms with Crippen LogP contribution >= 0.6 is 35.3 Å². The van der Waals surface area contributed by atoms with Crippen LogP contribution in [-0.2, 0) is 16.1 Å². The van der Waals surface area contributed by atoms with Gasteiger partial charge in [-0.2, -0.15) is 0 Å². The van der Waals surface area contributed by atoms with Gasteiger partial charge in [0, 0.05) is 43.0 Å². The molecule has 3 unspecified atom stereocenters. The topological polar surface area (TPSA) is 66.0 Å². The smallest absolute Gasteiger partial charge is 0.243 e. The van der Waals surface area contributed by atoms with Crippen molar-refractivity contribution in [3.63, 3.8) is 0 Å². The predicted octanol–water partition coefficient (Wildman–Crippen LogP) is 2.30. The van der Waals surface area contributed by atoms with Gasteiger partial charge in [-0.25, -0.2) is 4.99 Å². The molecule has 3 atom stereocenters. The lowest BCUT2D eigenvalue weighted by Crippen LogP contribution is -2.67. The molecule has 146 valence electrons. The number of nitrogens with zero attached hydrogens (tertiary/aromatic N) is 2. The molecule has 6 nitrogen and oxygen atoms in total. The first-order valence-electron chi connectivity index (χ1n) is 8.78. The molecule has 3 rings (SSSR count). The van der Waals surface area contributed by atoms with Crippen molar-refractivity contribution in [2.75, 3.05) is 27.2 Å². The number of guanidine groups is 1. The average Bonchev–Trinajstić information content (AvgIpc) is 3.23. The molecule has 0 bridgehead atoms. The highest BCUT2D eigenvalue weighted by Gasteiger charge is 2.59. The van der Waals surface area contributed by atoms with E-state index in [2.05, 4.69) is 40.9 Å². The minimum atomic E-state index is -0.00725. The molecule has 1 amide bonds. The average molecular weight is 492 g/mol. The molecule has 2 heterocycles. The van der Waals surface area contributed by atoms with Crippen molar-refractivity contribution < 1.29 is 9.53 Å². The maximum Gasteiger partial charge on any atom is 0.243 e. The van der Waals surface area contributed by atoms with Crippen LogP contribution in [0.2, 0.25) is 0 Å². The van der Waals surface area contributed by atoms with Crippen LogP contribution in [0, 0.1) is 11.3 Å². The molecule has 0 spiro atoms. The predicted molar refractivity (Wildman–Crippen MR) is 116 cm³/mol. The van der Waals surface area contributed by atoms with E-state index in [4.69, 9.17) is 4.74 Å². The standard InChI is InChI=1S/C18H28N4O2S.HI/c1-18(2)15(13-7-8-24-16(13)18)21-17(20-11-14(23)22(3)4)19-10-12-6-5-9-25-12;/h5-6,9,13,15-16H,7-8,10-11H2,1-4H3,(H2,19,20,21);1H. The van der Waals surface area contributed by atoms with E-state index in [9.17, 15) is 4.79 Å². The zero-order valence-corrected chi connectivity index (χ0v) is 19.0. The second kappa shape index (κ2) is 8.88. The van der Waals surface area contributed by atoms with Gasteiger partial charge in [0.2, 0.25) is 5.91 Å². The molecule has 0 radical (unpaired) electrons. The number of nitrogens with one attached hydrogen (secondary N) is 2. The third kappa shape index (κ3) is 4.51. The summed E-state index contributed by atoms with van der Waals surface area (Å²) in [7, 11) is 3.50. The summed E-state index contributed by atoms with van der Waals surface area (Å²) >= 11 is 1.71. The van der Waals surface area contributed by atoms with E-state index in [0.29, 0.717) is 30.6 Å². The summed E-state index contributed by atoms with van der Waals surface area (Å²) < 4.78 is 5.87. The van der Waals surface area contributed by atoms with E-state index in [1.54, 1.807) is 30.3 Å². The van der Waals surface area contributed by atoms with Crippen LogP contribution in [-0.4, -0.2) is 56.2 Å². The van der Waals surface area contributed by atoms with Gasteiger partial charge in [0.25, 0.3) is 0 Å². The number of fused-ring (bicyclic) bond motifs is 1. The van der Waals surface area contributed by atoms with Crippen molar-refractivity contribution in [3.8, 4) is 0 Å². The van der Waals surface area contributed by atoms with Crippen molar-refractivity contribution in [3.05, 3.63) is 22.4 Å². The lowest BCUT2D eigenvalue weighted by molar-refractivity contribution is -0.127. The van der Waals surface area contributed by atoms with Crippen molar-refractivity contribution in [2.45, 2.75) is 39.0 Å². The second-order valence-electron chi connectivity index (χ2n) is 7.57. The van der Waals surface area contributed by atoms with Crippen LogP contribution in [0.15, 0.2) is 22.5 Å². The summed E-state index contributed by atoms with van der Waals surface area (Å²) in [5.41, 5.74) is 0.0676. The molecule has 1 aromatic rings. The Bertz CT molecular complexity index is 633. The highest BCUT2D eigenvalue weighted by Crippen LogP contribution is 2.52. The molecule has 1 aliphatic heterocycles. The summed E-state index contributed by atoms with van der Waals surface area (Å²) in [4.78, 5) is 19.2. The molecule has 8 heteroatoms. The Morgan fingerprint density at radius 3 is 2.88 bits per heavy atom. The largest absolute Gasteiger partial charge is 0.377 e. The van der Waals surface area contributed by atoms with E-state index in [1.807, 2.05) is 6.07 Å². The summed E-state index contributed by atoms with van der Waals surface area (Å²) in [6.07, 6.45) is 1.41. The number of carbonyl (C=O) groups excluding carboxylic acids is 1. The fraction of sp³-hybridized carbons (Fsp3) is 0.667. The Labute approximate surface area is 176 Å². The van der Waals surface area contributed by atoms with Crippen molar-refractivity contribution in [2.24, 2.45) is 16.3 Å². The van der Waals surface area contributed by atoms with Crippen molar-refractivity contribution in [1.29, 1.82) is 0 Å². The van der Waals surface area contributed by atoms with Gasteiger partial charge in [-0.1, -0.05) is 19.9 Å². The first-order valence-corrected chi connectivity index (χ1v) is 9.66. The van der Waals surface area contributed by atoms with E-state index in [0.717, 1.165) is 13.0 Å². The van der Waals surface area contributed by atoms with Crippen molar-refractivity contribution >= 4 is 47.2 Å². The molecule has 1 aromatic heterocycles. The number of likely N-dealkylation sites (N-methyl/N-ethyl adjacent to an activating group) is 1. The minimum Gasteiger partial charge on any atom is -0.377 e. The van der Waals surface area contributed by atoms with Crippen LogP contribution < -0.4 is 10.6 Å². The first-order chi connectivity index (χ1) is 11.9. The lowest BCUT2D eigenvalue weighted by Gasteiger charge is -2.54. The summed E-state index contributed by atoms with van der Waals surface area (Å²) in [6, 6.07) is 4.44. The Balaban J connectivity index is 0.00000243. The van der Waals surface area contributed by atoms with Gasteiger partial charge >= 0.3 is 0 Å². The van der Waals surface area contributed by atoms with E-state index < -0.39 is 0 Å². The molecule has 2 aliphatic rings. The number of carbonyl (C=O) groups is 1. The van der Waals surface area contributed by atoms with Gasteiger partial charge in [-0.15, -0.1) is 35.3 Å². The Morgan fingerprint density at radius 1 is 1.46 bits per heavy atom. The number of thiophene rings is 1. The van der Waals surface area contributed by atoms with Gasteiger partial charge in [0.05, 0.1) is 12.6 Å². The fourth-order valence-corrected chi connectivity index (χ4v) is 4.43. The van der Waals surface area contributed by atoms with Crippen LogP contribution in [0.3, 0.4) is 0 Å². The van der Waals surface area contributed by atoms with Gasteiger partial charge in [0.15, 0.2) is 5.96 Å². The number of hydrogen-bond acceptors (Lipinski definition) is 4. The van der Waals surface area contributed by atoms with E-state index in [1.165, 1.54) is 4.88 Å². The first kappa shape index (κ1) is 21.4. The summed E-state index contributed by atoms with van der Waals surface area (Å²) in [6.45, 7) is 6.16. The van der Waals surface area contributed by atoms with Crippen LogP contribution in [0.5, 0.6) is 0 Å². The molecule has 0 aromatic carbocycles. The van der Waals surface area contributed by atoms with Crippen LogP contribution in [0.25, 0.3) is 0 Å². The third-order valence-electron chi connectivity index (χ3n) is 5.27. The van der Waals surface area contributed by atoms with Gasteiger partial charge < -0.3 is 20.3 Å². The number of hydrogen-bond donors (Lipinski definition) is 2. The highest BCUT2D eigenvalue weighted by atomic mass is 127. The highest BCUT2D eigenvalue weighted by molar-refractivity contribution is 14.0. The number of rotatable bonds is 5. The minimum absolute atomic E-state index is 0. The van der Waals surface area contributed by atoms with Crippen LogP contribution in [0.4, 0.5) is 0 Å². The fourth-order valence-electron chi connectivity index (χ4n) is 3.79. The second-order valence-corrected chi connectivity index (χ2v) is 8.61. The number of halogens is 1. The number of ether oxygens (including phenoxy) is 1. The zero-order chi connectivity index (χ0) is 18.0. The van der Waals surface area contributed by atoms with Crippen LogP contribution in [0.1, 0.15) is 25.1 Å². The van der Waals surface area contributed by atoms with Gasteiger partial charge in [-0.05, 0) is 17.9 Å². The maximum absolute atomic E-state index is 11.9. The molecule has 26 heavy (non-hydrogen) atoms. The third-order valence-corrected chi connectivity index (χ3v) is 6.15. The van der Waals surface area contributed by atoms with E-state index >= 15 is 0 Å². The van der Waals surface area contributed by atoms with Gasteiger partial charge in [0.1, 0.15) is 6.54 Å². The Hall–Kier alpha value is -0.870. The molecular formula is C18H29IN4O2S. The Kier molecular flexibility index (Phi) is 7.32. The SMILES string of the molecule is CN(C)C(=O)CN=C(NCc1cccs1)NC1C2CCOC2C1(C)C.I. The molecule has 1 saturated heterocycles. The lowest BCUT2D eigenvalue weighted by atomic mass is 9.57. The molecular weight excluding hydrogens is 463 g/mol. The molecule has 1 aliphatic carbocycles. The van der Waals surface area contributed by atoms with Gasteiger partial charge in [-0.3, -0.25) is 4.79 Å². The Morgan fingerprint density at radius 2 is 2.23 bits per heavy atom.